The van der Waals surface area contributed by atoms with E-state index in [1.54, 1.807) is 48.5 Å². The van der Waals surface area contributed by atoms with Crippen LogP contribution in [0.3, 0.4) is 0 Å². The number of nitrogens with one attached hydrogen (secondary N) is 1. The third kappa shape index (κ3) is 4.03. The van der Waals surface area contributed by atoms with Crippen LogP contribution in [0.5, 0.6) is 11.5 Å². The molecule has 166 valence electrons. The van der Waals surface area contributed by atoms with Crippen molar-refractivity contribution in [3.8, 4) is 11.5 Å². The molecule has 0 saturated heterocycles. The van der Waals surface area contributed by atoms with E-state index < -0.39 is 6.10 Å². The number of carbonyl (C=O) groups is 3. The molecule has 8 heteroatoms. The lowest BCUT2D eigenvalue weighted by atomic mass is 10.1. The summed E-state index contributed by atoms with van der Waals surface area (Å²) < 4.78 is 24.6. The summed E-state index contributed by atoms with van der Waals surface area (Å²) >= 11 is 0. The van der Waals surface area contributed by atoms with E-state index in [9.17, 15) is 18.8 Å². The average Bonchev–Trinajstić information content (AvgIpc) is 3.35. The minimum absolute atomic E-state index is 0.130. The van der Waals surface area contributed by atoms with Crippen molar-refractivity contribution in [2.24, 2.45) is 0 Å². The fourth-order valence-corrected chi connectivity index (χ4v) is 3.92. The van der Waals surface area contributed by atoms with Crippen molar-refractivity contribution < 1.29 is 28.2 Å². The van der Waals surface area contributed by atoms with E-state index in [1.807, 2.05) is 0 Å². The van der Waals surface area contributed by atoms with Crippen LogP contribution in [0.1, 0.15) is 26.3 Å². The zero-order valence-corrected chi connectivity index (χ0v) is 17.4. The summed E-state index contributed by atoms with van der Waals surface area (Å²) in [6.07, 6.45) is -0.421. The maximum absolute atomic E-state index is 13.3. The molecular formula is C25H19FN2O5. The molecule has 33 heavy (non-hydrogen) atoms. The number of benzene rings is 3. The van der Waals surface area contributed by atoms with Gasteiger partial charge in [0.2, 0.25) is 0 Å². The van der Waals surface area contributed by atoms with Crippen LogP contribution >= 0.6 is 0 Å². The van der Waals surface area contributed by atoms with Crippen LogP contribution in [-0.4, -0.2) is 41.9 Å². The molecule has 0 radical (unpaired) electrons. The van der Waals surface area contributed by atoms with Gasteiger partial charge < -0.3 is 14.8 Å². The number of carbonyl (C=O) groups excluding carboxylic acids is 3. The number of halogens is 1. The second kappa shape index (κ2) is 8.38. The number of anilines is 1. The van der Waals surface area contributed by atoms with Crippen LogP contribution in [0.4, 0.5) is 10.1 Å². The van der Waals surface area contributed by atoms with Crippen LogP contribution in [0.25, 0.3) is 0 Å². The molecular weight excluding hydrogens is 427 g/mol. The SMILES string of the molecule is O=C(Nc1ccc(OCCN2C(=O)c3ccccc3C2=O)cc1)C1Cc2cc(F)ccc2O1. The van der Waals surface area contributed by atoms with Crippen LogP contribution in [-0.2, 0) is 11.2 Å². The topological polar surface area (TPSA) is 84.9 Å². The highest BCUT2D eigenvalue weighted by molar-refractivity contribution is 6.21. The van der Waals surface area contributed by atoms with Crippen LogP contribution in [0.15, 0.2) is 66.7 Å². The predicted octanol–water partition coefficient (Wildman–Crippen LogP) is 3.44. The Balaban J connectivity index is 1.12. The van der Waals surface area contributed by atoms with Crippen molar-refractivity contribution in [3.63, 3.8) is 0 Å². The minimum atomic E-state index is -0.725. The first kappa shape index (κ1) is 20.7. The van der Waals surface area contributed by atoms with Gasteiger partial charge in [0.1, 0.15) is 23.9 Å². The molecule has 0 saturated carbocycles. The first-order valence-electron chi connectivity index (χ1n) is 10.4. The third-order valence-corrected chi connectivity index (χ3v) is 5.57. The second-order valence-corrected chi connectivity index (χ2v) is 7.73. The molecule has 3 amide bonds. The van der Waals surface area contributed by atoms with Crippen molar-refractivity contribution in [1.82, 2.24) is 4.90 Å². The number of rotatable bonds is 6. The molecule has 2 heterocycles. The first-order chi connectivity index (χ1) is 16.0. The highest BCUT2D eigenvalue weighted by Gasteiger charge is 2.34. The number of hydrogen-bond donors (Lipinski definition) is 1. The van der Waals surface area contributed by atoms with Gasteiger partial charge in [0.15, 0.2) is 6.10 Å². The van der Waals surface area contributed by atoms with Gasteiger partial charge in [0, 0.05) is 17.7 Å². The number of ether oxygens (including phenoxy) is 2. The van der Waals surface area contributed by atoms with E-state index in [2.05, 4.69) is 5.32 Å². The Kier molecular flexibility index (Phi) is 5.26. The van der Waals surface area contributed by atoms with E-state index in [0.717, 1.165) is 0 Å². The molecule has 7 nitrogen and oxygen atoms in total. The van der Waals surface area contributed by atoms with Gasteiger partial charge in [0.25, 0.3) is 17.7 Å². The molecule has 0 aliphatic carbocycles. The van der Waals surface area contributed by atoms with Crippen molar-refractivity contribution in [1.29, 1.82) is 0 Å². The lowest BCUT2D eigenvalue weighted by Crippen LogP contribution is -2.33. The molecule has 2 aliphatic heterocycles. The van der Waals surface area contributed by atoms with Crippen molar-refractivity contribution in [2.75, 3.05) is 18.5 Å². The average molecular weight is 446 g/mol. The zero-order chi connectivity index (χ0) is 22.9. The van der Waals surface area contributed by atoms with E-state index in [-0.39, 0.29) is 36.7 Å². The van der Waals surface area contributed by atoms with Crippen molar-refractivity contribution >= 4 is 23.4 Å². The Morgan fingerprint density at radius 3 is 2.42 bits per heavy atom. The zero-order valence-electron chi connectivity index (χ0n) is 17.4. The van der Waals surface area contributed by atoms with Gasteiger partial charge in [-0.15, -0.1) is 0 Å². The fraction of sp³-hybridized carbons (Fsp3) is 0.160. The predicted molar refractivity (Wildman–Crippen MR) is 117 cm³/mol. The first-order valence-corrected chi connectivity index (χ1v) is 10.4. The smallest absolute Gasteiger partial charge is 0.265 e. The Bertz CT molecular complexity index is 1220. The van der Waals surface area contributed by atoms with Gasteiger partial charge in [-0.05, 0) is 54.6 Å². The van der Waals surface area contributed by atoms with Gasteiger partial charge in [-0.3, -0.25) is 19.3 Å². The summed E-state index contributed by atoms with van der Waals surface area (Å²) in [5, 5.41) is 2.77. The highest BCUT2D eigenvalue weighted by Crippen LogP contribution is 2.30. The van der Waals surface area contributed by atoms with Crippen LogP contribution in [0.2, 0.25) is 0 Å². The van der Waals surface area contributed by atoms with E-state index in [1.165, 1.54) is 23.1 Å². The molecule has 0 aromatic heterocycles. The Labute approximate surface area is 188 Å². The molecule has 0 bridgehead atoms. The van der Waals surface area contributed by atoms with E-state index >= 15 is 0 Å². The number of imide groups is 1. The maximum Gasteiger partial charge on any atom is 0.265 e. The third-order valence-electron chi connectivity index (χ3n) is 5.57. The Hall–Kier alpha value is -4.20. The quantitative estimate of drug-likeness (QED) is 0.587. The molecule has 0 spiro atoms. The normalized spacial score (nSPS) is 16.3. The highest BCUT2D eigenvalue weighted by atomic mass is 19.1. The summed E-state index contributed by atoms with van der Waals surface area (Å²) in [6.45, 7) is 0.271. The van der Waals surface area contributed by atoms with E-state index in [0.29, 0.717) is 40.3 Å². The number of nitrogens with zero attached hydrogens (tertiary/aromatic N) is 1. The van der Waals surface area contributed by atoms with Gasteiger partial charge in [-0.1, -0.05) is 12.1 Å². The molecule has 0 fully saturated rings. The summed E-state index contributed by atoms with van der Waals surface area (Å²) in [4.78, 5) is 38.4. The van der Waals surface area contributed by atoms with Gasteiger partial charge >= 0.3 is 0 Å². The maximum atomic E-state index is 13.3. The molecule has 1 unspecified atom stereocenters. The molecule has 1 N–H and O–H groups in total. The van der Waals surface area contributed by atoms with Crippen LogP contribution < -0.4 is 14.8 Å². The lowest BCUT2D eigenvalue weighted by Gasteiger charge is -2.15. The molecule has 2 aliphatic rings. The monoisotopic (exact) mass is 446 g/mol. The van der Waals surface area contributed by atoms with Crippen molar-refractivity contribution in [3.05, 3.63) is 89.2 Å². The number of hydrogen-bond acceptors (Lipinski definition) is 5. The fourth-order valence-electron chi connectivity index (χ4n) is 3.92. The Morgan fingerprint density at radius 2 is 1.73 bits per heavy atom. The minimum Gasteiger partial charge on any atom is -0.492 e. The van der Waals surface area contributed by atoms with Gasteiger partial charge in [-0.25, -0.2) is 4.39 Å². The summed E-state index contributed by atoms with van der Waals surface area (Å²) in [5.74, 6) is -0.293. The summed E-state index contributed by atoms with van der Waals surface area (Å²) in [5.41, 5.74) is 2.03. The number of amides is 3. The summed E-state index contributed by atoms with van der Waals surface area (Å²) in [7, 11) is 0. The Morgan fingerprint density at radius 1 is 1.03 bits per heavy atom. The van der Waals surface area contributed by atoms with Crippen LogP contribution in [0, 0.1) is 5.82 Å². The molecule has 3 aromatic carbocycles. The van der Waals surface area contributed by atoms with Gasteiger partial charge in [0.05, 0.1) is 17.7 Å². The molecule has 3 aromatic rings. The lowest BCUT2D eigenvalue weighted by molar-refractivity contribution is -0.122. The van der Waals surface area contributed by atoms with Crippen molar-refractivity contribution in [2.45, 2.75) is 12.5 Å². The largest absolute Gasteiger partial charge is 0.492 e. The standard InChI is InChI=1S/C25H19FN2O5/c26-16-5-10-21-15(13-16)14-22(33-21)23(29)27-17-6-8-18(9-7-17)32-12-11-28-24(30)19-3-1-2-4-20(19)25(28)31/h1-10,13,22H,11-12,14H2,(H,27,29). The number of fused-ring (bicyclic) bond motifs is 2. The second-order valence-electron chi connectivity index (χ2n) is 7.73. The van der Waals surface area contributed by atoms with E-state index in [4.69, 9.17) is 9.47 Å². The van der Waals surface area contributed by atoms with Gasteiger partial charge in [-0.2, -0.15) is 0 Å². The summed E-state index contributed by atoms with van der Waals surface area (Å²) in [6, 6.07) is 17.6. The molecule has 5 rings (SSSR count). The molecule has 1 atom stereocenters.